The van der Waals surface area contributed by atoms with Crippen LogP contribution in [0.5, 0.6) is 0 Å². The molecule has 0 atom stereocenters. The Morgan fingerprint density at radius 3 is 1.42 bits per heavy atom. The SMILES string of the molecule is CCCCCCCCCC(=O)[O-].CCCCCCCCCC[NH2+]C. The van der Waals surface area contributed by atoms with Gasteiger partial charge in [-0.05, 0) is 25.7 Å². The van der Waals surface area contributed by atoms with Crippen LogP contribution in [0.25, 0.3) is 0 Å². The third kappa shape index (κ3) is 29.4. The normalized spacial score (nSPS) is 10.3. The summed E-state index contributed by atoms with van der Waals surface area (Å²) in [7, 11) is 2.15. The van der Waals surface area contributed by atoms with Crippen LogP contribution in [0.4, 0.5) is 0 Å². The molecule has 0 aromatic rings. The minimum Gasteiger partial charge on any atom is -0.550 e. The average molecular weight is 344 g/mol. The van der Waals surface area contributed by atoms with E-state index in [0.29, 0.717) is 0 Å². The number of quaternary nitrogens is 1. The minimum atomic E-state index is -0.913. The van der Waals surface area contributed by atoms with Crippen LogP contribution in [-0.4, -0.2) is 19.6 Å². The van der Waals surface area contributed by atoms with E-state index in [-0.39, 0.29) is 6.42 Å². The number of aliphatic carboxylic acids is 1. The van der Waals surface area contributed by atoms with E-state index < -0.39 is 5.97 Å². The molecule has 0 heterocycles. The van der Waals surface area contributed by atoms with E-state index in [1.807, 2.05) is 0 Å². The molecule has 2 N–H and O–H groups in total. The Balaban J connectivity index is 0. The first kappa shape index (κ1) is 25.7. The van der Waals surface area contributed by atoms with E-state index >= 15 is 0 Å². The van der Waals surface area contributed by atoms with Gasteiger partial charge in [-0.1, -0.05) is 90.9 Å². The first-order chi connectivity index (χ1) is 11.7. The van der Waals surface area contributed by atoms with Gasteiger partial charge in [0, 0.05) is 5.97 Å². The maximum atomic E-state index is 10.0. The highest BCUT2D eigenvalue weighted by molar-refractivity contribution is 5.63. The molecule has 0 spiro atoms. The molecule has 24 heavy (non-hydrogen) atoms. The second-order valence-electron chi connectivity index (χ2n) is 6.92. The first-order valence-electron chi connectivity index (χ1n) is 10.7. The van der Waals surface area contributed by atoms with Gasteiger partial charge < -0.3 is 15.2 Å². The van der Waals surface area contributed by atoms with Crippen molar-refractivity contribution in [3.8, 4) is 0 Å². The van der Waals surface area contributed by atoms with Gasteiger partial charge in [0.05, 0.1) is 13.6 Å². The molecule has 0 aromatic carbocycles. The highest BCUT2D eigenvalue weighted by Crippen LogP contribution is 2.08. The maximum absolute atomic E-state index is 10.0. The van der Waals surface area contributed by atoms with Crippen molar-refractivity contribution in [3.05, 3.63) is 0 Å². The van der Waals surface area contributed by atoms with Crippen LogP contribution >= 0.6 is 0 Å². The molecule has 0 unspecified atom stereocenters. The van der Waals surface area contributed by atoms with Crippen LogP contribution in [0.15, 0.2) is 0 Å². The largest absolute Gasteiger partial charge is 0.550 e. The summed E-state index contributed by atoms with van der Waals surface area (Å²) < 4.78 is 0. The fourth-order valence-electron chi connectivity index (χ4n) is 2.71. The van der Waals surface area contributed by atoms with Gasteiger partial charge in [0.25, 0.3) is 0 Å². The molecule has 0 radical (unpaired) electrons. The molecule has 3 nitrogen and oxygen atoms in total. The summed E-state index contributed by atoms with van der Waals surface area (Å²) >= 11 is 0. The summed E-state index contributed by atoms with van der Waals surface area (Å²) in [5.41, 5.74) is 0. The van der Waals surface area contributed by atoms with Gasteiger partial charge in [-0.25, -0.2) is 0 Å². The number of hydrogen-bond donors (Lipinski definition) is 1. The van der Waals surface area contributed by atoms with Crippen LogP contribution in [0.3, 0.4) is 0 Å². The predicted molar refractivity (Wildman–Crippen MR) is 103 cm³/mol. The van der Waals surface area contributed by atoms with Gasteiger partial charge in [-0.15, -0.1) is 0 Å². The topological polar surface area (TPSA) is 56.7 Å². The van der Waals surface area contributed by atoms with Gasteiger partial charge in [0.15, 0.2) is 0 Å². The standard InChI is InChI=1S/C11H25N.C10H20O2/c1-3-4-5-6-7-8-9-10-11-12-2;1-2-3-4-5-6-7-8-9-10(11)12/h12H,3-11H2,1-2H3;2-9H2,1H3,(H,11,12). The predicted octanol–water partition coefficient (Wildman–Crippen LogP) is 4.20. The van der Waals surface area contributed by atoms with Crippen molar-refractivity contribution in [2.75, 3.05) is 13.6 Å². The number of carbonyl (C=O) groups is 1. The van der Waals surface area contributed by atoms with E-state index in [9.17, 15) is 9.90 Å². The van der Waals surface area contributed by atoms with Crippen LogP contribution in [-0.2, 0) is 4.79 Å². The van der Waals surface area contributed by atoms with E-state index in [2.05, 4.69) is 26.2 Å². The van der Waals surface area contributed by atoms with Crippen molar-refractivity contribution < 1.29 is 15.2 Å². The Morgan fingerprint density at radius 1 is 0.667 bits per heavy atom. The Morgan fingerprint density at radius 2 is 1.04 bits per heavy atom. The molecule has 0 aliphatic rings. The van der Waals surface area contributed by atoms with E-state index in [1.54, 1.807) is 0 Å². The zero-order valence-corrected chi connectivity index (χ0v) is 16.9. The highest BCUT2D eigenvalue weighted by atomic mass is 16.4. The van der Waals surface area contributed by atoms with Crippen molar-refractivity contribution in [2.24, 2.45) is 0 Å². The Hall–Kier alpha value is -0.570. The van der Waals surface area contributed by atoms with Crippen molar-refractivity contribution >= 4 is 5.97 Å². The van der Waals surface area contributed by atoms with Crippen LogP contribution < -0.4 is 10.4 Å². The monoisotopic (exact) mass is 343 g/mol. The smallest absolute Gasteiger partial charge is 0.0753 e. The fraction of sp³-hybridized carbons (Fsp3) is 0.952. The van der Waals surface area contributed by atoms with E-state index in [1.165, 1.54) is 90.0 Å². The third-order valence-electron chi connectivity index (χ3n) is 4.33. The molecular weight excluding hydrogens is 298 g/mol. The Labute approximate surface area is 152 Å². The maximum Gasteiger partial charge on any atom is 0.0753 e. The quantitative estimate of drug-likeness (QED) is 0.402. The van der Waals surface area contributed by atoms with E-state index in [4.69, 9.17) is 0 Å². The van der Waals surface area contributed by atoms with Crippen molar-refractivity contribution in [3.63, 3.8) is 0 Å². The summed E-state index contributed by atoms with van der Waals surface area (Å²) in [4.78, 5) is 10.0. The number of rotatable bonds is 17. The average Bonchev–Trinajstić information content (AvgIpc) is 2.57. The molecule has 0 aromatic heterocycles. The number of carboxylic acid groups (broad SMARTS) is 1. The summed E-state index contributed by atoms with van der Waals surface area (Å²) in [6.07, 6.45) is 19.8. The lowest BCUT2D eigenvalue weighted by atomic mass is 10.1. The number of carbonyl (C=O) groups excluding carboxylic acids is 1. The third-order valence-corrected chi connectivity index (χ3v) is 4.33. The second-order valence-corrected chi connectivity index (χ2v) is 6.92. The van der Waals surface area contributed by atoms with Crippen LogP contribution in [0.1, 0.15) is 117 Å². The lowest BCUT2D eigenvalue weighted by Crippen LogP contribution is -2.79. The molecule has 0 aliphatic carbocycles. The van der Waals surface area contributed by atoms with Crippen molar-refractivity contribution in [2.45, 2.75) is 117 Å². The molecule has 0 saturated carbocycles. The molecule has 146 valence electrons. The van der Waals surface area contributed by atoms with Crippen LogP contribution in [0, 0.1) is 0 Å². The molecule has 0 bridgehead atoms. The van der Waals surface area contributed by atoms with Gasteiger partial charge in [0.1, 0.15) is 0 Å². The molecule has 0 aliphatic heterocycles. The van der Waals surface area contributed by atoms with Gasteiger partial charge in [0.2, 0.25) is 0 Å². The molecule has 0 rings (SSSR count). The molecule has 3 heteroatoms. The lowest BCUT2D eigenvalue weighted by Gasteiger charge is -2.01. The van der Waals surface area contributed by atoms with Gasteiger partial charge in [-0.3, -0.25) is 0 Å². The highest BCUT2D eigenvalue weighted by Gasteiger charge is 1.91. The Bertz CT molecular complexity index is 222. The second kappa shape index (κ2) is 24.7. The summed E-state index contributed by atoms with van der Waals surface area (Å²) in [6, 6.07) is 0. The van der Waals surface area contributed by atoms with Gasteiger partial charge in [-0.2, -0.15) is 0 Å². The number of unbranched alkanes of at least 4 members (excludes halogenated alkanes) is 13. The molecule has 0 saturated heterocycles. The summed E-state index contributed by atoms with van der Waals surface area (Å²) in [5, 5.41) is 12.3. The zero-order chi connectivity index (χ0) is 18.3. The lowest BCUT2D eigenvalue weighted by molar-refractivity contribution is -0.627. The number of hydrogen-bond acceptors (Lipinski definition) is 2. The Kier molecular flexibility index (Phi) is 26.4. The zero-order valence-electron chi connectivity index (χ0n) is 16.9. The van der Waals surface area contributed by atoms with Crippen LogP contribution in [0.2, 0.25) is 0 Å². The fourth-order valence-corrected chi connectivity index (χ4v) is 2.71. The molecule has 0 amide bonds. The number of carboxylic acids is 1. The minimum absolute atomic E-state index is 0.230. The summed E-state index contributed by atoms with van der Waals surface area (Å²) in [5.74, 6) is -0.913. The number of nitrogens with two attached hydrogens (primary N) is 1. The van der Waals surface area contributed by atoms with E-state index in [0.717, 1.165) is 12.8 Å². The van der Waals surface area contributed by atoms with Crippen molar-refractivity contribution in [1.82, 2.24) is 0 Å². The molecule has 0 fully saturated rings. The first-order valence-corrected chi connectivity index (χ1v) is 10.7. The van der Waals surface area contributed by atoms with Gasteiger partial charge >= 0.3 is 0 Å². The molecular formula is C21H45NO2. The van der Waals surface area contributed by atoms with Crippen molar-refractivity contribution in [1.29, 1.82) is 0 Å². The summed E-state index contributed by atoms with van der Waals surface area (Å²) in [6.45, 7) is 5.78.